The van der Waals surface area contributed by atoms with Crippen molar-refractivity contribution >= 4 is 16.0 Å². The molecule has 0 fully saturated rings. The fourth-order valence-electron chi connectivity index (χ4n) is 0. The maximum Gasteiger partial charge on any atom is 0.490 e. The summed E-state index contributed by atoms with van der Waals surface area (Å²) in [5.41, 5.74) is 0. The van der Waals surface area contributed by atoms with Crippen molar-refractivity contribution < 1.29 is 31.5 Å². The highest BCUT2D eigenvalue weighted by Gasteiger charge is 2.38. The van der Waals surface area contributed by atoms with Gasteiger partial charge in [0.15, 0.2) is 0 Å². The van der Waals surface area contributed by atoms with E-state index in [1.54, 1.807) is 0 Å². The topological polar surface area (TPSA) is 97.5 Å². The molecule has 0 heterocycles. The second-order valence-corrected chi connectivity index (χ2v) is 3.66. The number of alkyl halides is 3. The zero-order valence-electron chi connectivity index (χ0n) is 6.50. The lowest BCUT2D eigenvalue weighted by molar-refractivity contribution is -0.192. The normalized spacial score (nSPS) is 11.5. The van der Waals surface area contributed by atoms with Gasteiger partial charge in [-0.05, 0) is 6.92 Å². The molecule has 0 unspecified atom stereocenters. The van der Waals surface area contributed by atoms with Crippen LogP contribution in [0.4, 0.5) is 13.2 Å². The molecule has 9 heteroatoms. The summed E-state index contributed by atoms with van der Waals surface area (Å²) in [6.07, 6.45) is -5.08. The maximum absolute atomic E-state index is 10.6. The van der Waals surface area contributed by atoms with E-state index in [1.165, 1.54) is 6.92 Å². The second-order valence-electron chi connectivity index (χ2n) is 1.75. The first-order valence-corrected chi connectivity index (χ1v) is 4.52. The number of hydrogen-bond donors (Lipinski definition) is 2. The van der Waals surface area contributed by atoms with Gasteiger partial charge in [-0.2, -0.15) is 13.2 Å². The van der Waals surface area contributed by atoms with Gasteiger partial charge in [-0.1, -0.05) is 0 Å². The molecule has 0 aromatic heterocycles. The van der Waals surface area contributed by atoms with Crippen molar-refractivity contribution in [2.75, 3.05) is 5.75 Å². The van der Waals surface area contributed by atoms with Gasteiger partial charge in [0.1, 0.15) is 0 Å². The number of halogens is 3. The predicted octanol–water partition coefficient (Wildman–Crippen LogP) is -0.0719. The Morgan fingerprint density at radius 1 is 1.46 bits per heavy atom. The van der Waals surface area contributed by atoms with Crippen molar-refractivity contribution in [1.29, 1.82) is 0 Å². The molecule has 5 nitrogen and oxygen atoms in total. The lowest BCUT2D eigenvalue weighted by atomic mass is 10.7. The van der Waals surface area contributed by atoms with E-state index in [2.05, 4.69) is 5.14 Å². The molecule has 0 aromatic rings. The van der Waals surface area contributed by atoms with Crippen molar-refractivity contribution in [2.24, 2.45) is 5.14 Å². The molecule has 0 spiro atoms. The molecule has 3 N–H and O–H groups in total. The summed E-state index contributed by atoms with van der Waals surface area (Å²) in [6, 6.07) is 0. The molecule has 0 rings (SSSR count). The molecule has 0 amide bonds. The molecule has 13 heavy (non-hydrogen) atoms. The number of carboxylic acids is 1. The van der Waals surface area contributed by atoms with Crippen molar-refractivity contribution in [2.45, 2.75) is 13.1 Å². The van der Waals surface area contributed by atoms with Gasteiger partial charge in [0, 0.05) is 0 Å². The number of sulfonamides is 1. The van der Waals surface area contributed by atoms with Crippen LogP contribution in [0.15, 0.2) is 0 Å². The maximum atomic E-state index is 10.6. The van der Waals surface area contributed by atoms with Crippen LogP contribution >= 0.6 is 0 Å². The predicted molar refractivity (Wildman–Crippen MR) is 37.3 cm³/mol. The summed E-state index contributed by atoms with van der Waals surface area (Å²) in [5, 5.41) is 11.6. The van der Waals surface area contributed by atoms with Crippen molar-refractivity contribution in [1.82, 2.24) is 0 Å². The van der Waals surface area contributed by atoms with E-state index < -0.39 is 22.2 Å². The van der Waals surface area contributed by atoms with E-state index in [9.17, 15) is 21.6 Å². The molecule has 0 saturated carbocycles. The number of primary sulfonamides is 1. The van der Waals surface area contributed by atoms with Crippen molar-refractivity contribution in [3.8, 4) is 0 Å². The molecule has 0 aliphatic rings. The Morgan fingerprint density at radius 3 is 1.62 bits per heavy atom. The zero-order valence-corrected chi connectivity index (χ0v) is 7.32. The fraction of sp³-hybridized carbons (Fsp3) is 0.750. The Balaban J connectivity index is 0. The summed E-state index contributed by atoms with van der Waals surface area (Å²) in [5.74, 6) is -2.74. The van der Waals surface area contributed by atoms with E-state index >= 15 is 0 Å². The minimum atomic E-state index is -5.08. The Kier molecular flexibility index (Phi) is 5.67. The third-order valence-electron chi connectivity index (χ3n) is 0.645. The van der Waals surface area contributed by atoms with Crippen LogP contribution in [0.1, 0.15) is 6.92 Å². The molecule has 0 radical (unpaired) electrons. The van der Waals surface area contributed by atoms with Crippen LogP contribution in [-0.2, 0) is 14.8 Å². The van der Waals surface area contributed by atoms with E-state index in [1.807, 2.05) is 0 Å². The monoisotopic (exact) mass is 223 g/mol. The largest absolute Gasteiger partial charge is 0.490 e. The highest BCUT2D eigenvalue weighted by Crippen LogP contribution is 2.13. The SMILES string of the molecule is CCS(N)(=O)=O.O=C(O)C(F)(F)F. The van der Waals surface area contributed by atoms with Gasteiger partial charge < -0.3 is 5.11 Å². The number of rotatable bonds is 1. The van der Waals surface area contributed by atoms with Crippen LogP contribution < -0.4 is 5.14 Å². The summed E-state index contributed by atoms with van der Waals surface area (Å²) in [7, 11) is -3.16. The highest BCUT2D eigenvalue weighted by atomic mass is 32.2. The van der Waals surface area contributed by atoms with Crippen molar-refractivity contribution in [3.63, 3.8) is 0 Å². The molecular weight excluding hydrogens is 215 g/mol. The standard InChI is InChI=1S/C2HF3O2.C2H7NO2S/c3-2(4,5)1(6)7;1-2-6(3,4)5/h(H,6,7);2H2,1H3,(H2,3,4,5). The number of carboxylic acid groups (broad SMARTS) is 1. The van der Waals surface area contributed by atoms with Crippen molar-refractivity contribution in [3.05, 3.63) is 0 Å². The first kappa shape index (κ1) is 14.7. The summed E-state index contributed by atoms with van der Waals surface area (Å²) in [4.78, 5) is 8.90. The molecule has 80 valence electrons. The molecule has 0 atom stereocenters. The number of aliphatic carboxylic acids is 1. The first-order valence-electron chi connectivity index (χ1n) is 2.81. The summed E-state index contributed by atoms with van der Waals surface area (Å²) >= 11 is 0. The minimum Gasteiger partial charge on any atom is -0.475 e. The quantitative estimate of drug-likeness (QED) is 0.650. The molecule has 0 aromatic carbocycles. The Hall–Kier alpha value is -0.830. The van der Waals surface area contributed by atoms with E-state index in [4.69, 9.17) is 9.90 Å². The van der Waals surface area contributed by atoms with Crippen LogP contribution in [0.3, 0.4) is 0 Å². The summed E-state index contributed by atoms with van der Waals surface area (Å²) in [6.45, 7) is 1.50. The smallest absolute Gasteiger partial charge is 0.475 e. The highest BCUT2D eigenvalue weighted by molar-refractivity contribution is 7.89. The Labute approximate surface area is 72.4 Å². The molecule has 0 aliphatic heterocycles. The van der Waals surface area contributed by atoms with Gasteiger partial charge in [0.05, 0.1) is 5.75 Å². The van der Waals surface area contributed by atoms with Gasteiger partial charge >= 0.3 is 12.1 Å². The Morgan fingerprint density at radius 2 is 1.62 bits per heavy atom. The third kappa shape index (κ3) is 14.1. The summed E-state index contributed by atoms with van der Waals surface area (Å²) < 4.78 is 51.3. The van der Waals surface area contributed by atoms with Crippen LogP contribution in [0, 0.1) is 0 Å². The van der Waals surface area contributed by atoms with E-state index in [0.717, 1.165) is 0 Å². The van der Waals surface area contributed by atoms with Crippen LogP contribution in [-0.4, -0.2) is 31.4 Å². The molecular formula is C4H8F3NO4S. The van der Waals surface area contributed by atoms with E-state index in [0.29, 0.717) is 0 Å². The Bertz CT molecular complexity index is 257. The fourth-order valence-corrected chi connectivity index (χ4v) is 0. The van der Waals surface area contributed by atoms with Gasteiger partial charge in [0.25, 0.3) is 0 Å². The third-order valence-corrected chi connectivity index (χ3v) is 1.45. The van der Waals surface area contributed by atoms with Gasteiger partial charge in [0.2, 0.25) is 10.0 Å². The second kappa shape index (κ2) is 5.02. The lowest BCUT2D eigenvalue weighted by Crippen LogP contribution is -2.21. The average Bonchev–Trinajstić information content (AvgIpc) is 1.85. The number of hydrogen-bond acceptors (Lipinski definition) is 3. The number of nitrogens with two attached hydrogens (primary N) is 1. The molecule has 0 saturated heterocycles. The van der Waals surface area contributed by atoms with Gasteiger partial charge in [-0.25, -0.2) is 18.4 Å². The first-order chi connectivity index (χ1) is 5.50. The molecule has 0 aliphatic carbocycles. The molecule has 0 bridgehead atoms. The lowest BCUT2D eigenvalue weighted by Gasteiger charge is -1.93. The number of carbonyl (C=O) groups is 1. The average molecular weight is 223 g/mol. The van der Waals surface area contributed by atoms with Gasteiger partial charge in [-0.3, -0.25) is 0 Å². The van der Waals surface area contributed by atoms with Crippen LogP contribution in [0.2, 0.25) is 0 Å². The zero-order chi connectivity index (χ0) is 11.3. The van der Waals surface area contributed by atoms with Crippen LogP contribution in [0.5, 0.6) is 0 Å². The van der Waals surface area contributed by atoms with E-state index in [-0.39, 0.29) is 5.75 Å². The van der Waals surface area contributed by atoms with Crippen LogP contribution in [0.25, 0.3) is 0 Å². The minimum absolute atomic E-state index is 0.0208. The van der Waals surface area contributed by atoms with Gasteiger partial charge in [-0.15, -0.1) is 0 Å².